The van der Waals surface area contributed by atoms with Crippen molar-refractivity contribution in [1.82, 2.24) is 4.98 Å². The van der Waals surface area contributed by atoms with E-state index in [1.807, 2.05) is 6.07 Å². The number of anilines is 1. The summed E-state index contributed by atoms with van der Waals surface area (Å²) >= 11 is 6.02. The van der Waals surface area contributed by atoms with Crippen LogP contribution in [0.1, 0.15) is 18.5 Å². The van der Waals surface area contributed by atoms with Gasteiger partial charge in [0.05, 0.1) is 23.7 Å². The smallest absolute Gasteiger partial charge is 0.0726 e. The molecule has 3 nitrogen and oxygen atoms in total. The third-order valence-electron chi connectivity index (χ3n) is 4.15. The number of halogens is 1. The highest BCUT2D eigenvalue weighted by atomic mass is 35.5. The first-order valence-corrected chi connectivity index (χ1v) is 8.03. The lowest BCUT2D eigenvalue weighted by atomic mass is 9.97. The lowest BCUT2D eigenvalue weighted by molar-refractivity contribution is 0.143. The normalized spacial score (nSPS) is 19.1. The zero-order valence-corrected chi connectivity index (χ0v) is 13.1. The average Bonchev–Trinajstić information content (AvgIpc) is 2.54. The highest BCUT2D eigenvalue weighted by Crippen LogP contribution is 2.30. The number of alkyl halides is 1. The molecular weight excluding hydrogens is 284 g/mol. The number of nitrogens with zero attached hydrogens (tertiary/aromatic N) is 2. The molecule has 2 aromatic rings. The molecule has 4 heteroatoms. The molecule has 112 valence electrons. The van der Waals surface area contributed by atoms with Crippen molar-refractivity contribution in [3.8, 4) is 0 Å². The number of fused-ring (bicyclic) bond motifs is 1. The maximum Gasteiger partial charge on any atom is 0.0726 e. The van der Waals surface area contributed by atoms with E-state index in [-0.39, 0.29) is 0 Å². The predicted octanol–water partition coefficient (Wildman–Crippen LogP) is 3.84. The van der Waals surface area contributed by atoms with Gasteiger partial charge in [0.25, 0.3) is 0 Å². The number of piperidine rings is 1. The number of methoxy groups -OCH3 is 1. The van der Waals surface area contributed by atoms with E-state index in [2.05, 4.69) is 34.1 Å². The molecule has 1 aliphatic rings. The Morgan fingerprint density at radius 1 is 1.38 bits per heavy atom. The first-order chi connectivity index (χ1) is 10.3. The van der Waals surface area contributed by atoms with Gasteiger partial charge in [-0.2, -0.15) is 0 Å². The van der Waals surface area contributed by atoms with Gasteiger partial charge in [-0.15, -0.1) is 11.6 Å². The molecule has 1 fully saturated rings. The predicted molar refractivity (Wildman–Crippen MR) is 88.1 cm³/mol. The van der Waals surface area contributed by atoms with E-state index >= 15 is 0 Å². The number of hydrogen-bond donors (Lipinski definition) is 0. The third kappa shape index (κ3) is 3.14. The summed E-state index contributed by atoms with van der Waals surface area (Å²) in [7, 11) is 1.78. The third-order valence-corrected chi connectivity index (χ3v) is 4.42. The lowest BCUT2D eigenvalue weighted by Crippen LogP contribution is -2.37. The van der Waals surface area contributed by atoms with Crippen LogP contribution in [0, 0.1) is 5.92 Å². The fraction of sp³-hybridized carbons (Fsp3) is 0.471. The van der Waals surface area contributed by atoms with Gasteiger partial charge >= 0.3 is 0 Å². The van der Waals surface area contributed by atoms with Crippen LogP contribution in [-0.4, -0.2) is 31.8 Å². The number of pyridine rings is 1. The molecule has 1 aromatic heterocycles. The van der Waals surface area contributed by atoms with E-state index in [0.29, 0.717) is 11.8 Å². The van der Waals surface area contributed by atoms with Crippen LogP contribution in [0.2, 0.25) is 0 Å². The first kappa shape index (κ1) is 14.6. The number of aromatic nitrogens is 1. The van der Waals surface area contributed by atoms with Crippen LogP contribution >= 0.6 is 11.6 Å². The molecule has 21 heavy (non-hydrogen) atoms. The molecule has 2 heterocycles. The van der Waals surface area contributed by atoms with Crippen LogP contribution in [0.4, 0.5) is 5.69 Å². The van der Waals surface area contributed by atoms with Crippen LogP contribution < -0.4 is 4.90 Å². The Bertz CT molecular complexity index is 615. The Labute approximate surface area is 130 Å². The molecule has 0 bridgehead atoms. The standard InChI is InChI=1S/C17H21ClN2O/c1-21-12-13-5-4-8-20(11-13)17-9-14(10-18)19-16-7-3-2-6-15(16)17/h2-3,6-7,9,13H,4-5,8,10-12H2,1H3. The summed E-state index contributed by atoms with van der Waals surface area (Å²) in [5, 5.41) is 1.21. The second-order valence-electron chi connectivity index (χ2n) is 5.69. The molecule has 0 amide bonds. The summed E-state index contributed by atoms with van der Waals surface area (Å²) in [5.41, 5.74) is 3.23. The second kappa shape index (κ2) is 6.63. The van der Waals surface area contributed by atoms with Crippen molar-refractivity contribution in [1.29, 1.82) is 0 Å². The molecule has 0 spiro atoms. The van der Waals surface area contributed by atoms with Crippen molar-refractivity contribution in [2.24, 2.45) is 5.92 Å². The molecule has 3 rings (SSSR count). The molecular formula is C17H21ClN2O. The second-order valence-corrected chi connectivity index (χ2v) is 5.96. The van der Waals surface area contributed by atoms with Crippen LogP contribution in [-0.2, 0) is 10.6 Å². The minimum atomic E-state index is 0.452. The lowest BCUT2D eigenvalue weighted by Gasteiger charge is -2.35. The van der Waals surface area contributed by atoms with Crippen molar-refractivity contribution < 1.29 is 4.74 Å². The molecule has 0 saturated carbocycles. The number of para-hydroxylation sites is 1. The number of ether oxygens (including phenoxy) is 1. The van der Waals surface area contributed by atoms with E-state index in [9.17, 15) is 0 Å². The van der Waals surface area contributed by atoms with Crippen molar-refractivity contribution in [3.05, 3.63) is 36.0 Å². The van der Waals surface area contributed by atoms with Crippen LogP contribution in [0.3, 0.4) is 0 Å². The van der Waals surface area contributed by atoms with Gasteiger partial charge in [-0.05, 0) is 30.9 Å². The van der Waals surface area contributed by atoms with Crippen molar-refractivity contribution in [2.45, 2.75) is 18.7 Å². The van der Waals surface area contributed by atoms with Gasteiger partial charge in [0.15, 0.2) is 0 Å². The molecule has 0 aliphatic carbocycles. The summed E-state index contributed by atoms with van der Waals surface area (Å²) in [6, 6.07) is 10.5. The van der Waals surface area contributed by atoms with E-state index in [1.54, 1.807) is 7.11 Å². The molecule has 1 atom stereocenters. The summed E-state index contributed by atoms with van der Waals surface area (Å²) < 4.78 is 5.34. The first-order valence-electron chi connectivity index (χ1n) is 7.50. The van der Waals surface area contributed by atoms with E-state index < -0.39 is 0 Å². The Balaban J connectivity index is 1.98. The quantitative estimate of drug-likeness (QED) is 0.803. The number of benzene rings is 1. The Morgan fingerprint density at radius 2 is 2.24 bits per heavy atom. The molecule has 0 N–H and O–H groups in total. The molecule has 1 aliphatic heterocycles. The molecule has 1 aromatic carbocycles. The fourth-order valence-electron chi connectivity index (χ4n) is 3.20. The number of hydrogen-bond acceptors (Lipinski definition) is 3. The van der Waals surface area contributed by atoms with Crippen molar-refractivity contribution in [2.75, 3.05) is 31.7 Å². The number of rotatable bonds is 4. The highest BCUT2D eigenvalue weighted by molar-refractivity contribution is 6.17. The zero-order valence-electron chi connectivity index (χ0n) is 12.4. The minimum Gasteiger partial charge on any atom is -0.384 e. The maximum absolute atomic E-state index is 6.02. The molecule has 0 radical (unpaired) electrons. The van der Waals surface area contributed by atoms with Gasteiger partial charge in [0.2, 0.25) is 0 Å². The molecule has 1 unspecified atom stereocenters. The summed E-state index contributed by atoms with van der Waals surface area (Å²) in [4.78, 5) is 7.09. The fourth-order valence-corrected chi connectivity index (χ4v) is 3.33. The van der Waals surface area contributed by atoms with Gasteiger partial charge in [-0.25, -0.2) is 0 Å². The summed E-state index contributed by atoms with van der Waals surface area (Å²) in [6.07, 6.45) is 2.45. The Morgan fingerprint density at radius 3 is 3.05 bits per heavy atom. The monoisotopic (exact) mass is 304 g/mol. The van der Waals surface area contributed by atoms with Gasteiger partial charge in [-0.1, -0.05) is 18.2 Å². The SMILES string of the molecule is COCC1CCCN(c2cc(CCl)nc3ccccc23)C1. The van der Waals surface area contributed by atoms with Gasteiger partial charge in [0, 0.05) is 31.3 Å². The minimum absolute atomic E-state index is 0.452. The summed E-state index contributed by atoms with van der Waals surface area (Å²) in [5.74, 6) is 1.06. The van der Waals surface area contributed by atoms with Crippen molar-refractivity contribution in [3.63, 3.8) is 0 Å². The zero-order chi connectivity index (χ0) is 14.7. The van der Waals surface area contributed by atoms with E-state index in [1.165, 1.54) is 23.9 Å². The van der Waals surface area contributed by atoms with Crippen LogP contribution in [0.25, 0.3) is 10.9 Å². The summed E-state index contributed by atoms with van der Waals surface area (Å²) in [6.45, 7) is 2.97. The van der Waals surface area contributed by atoms with E-state index in [4.69, 9.17) is 16.3 Å². The Hall–Kier alpha value is -1.32. The van der Waals surface area contributed by atoms with Gasteiger partial charge in [-0.3, -0.25) is 4.98 Å². The largest absolute Gasteiger partial charge is 0.384 e. The van der Waals surface area contributed by atoms with Gasteiger partial charge < -0.3 is 9.64 Å². The van der Waals surface area contributed by atoms with Crippen LogP contribution in [0.15, 0.2) is 30.3 Å². The molecule has 1 saturated heterocycles. The van der Waals surface area contributed by atoms with Crippen LogP contribution in [0.5, 0.6) is 0 Å². The van der Waals surface area contributed by atoms with Crippen molar-refractivity contribution >= 4 is 28.2 Å². The Kier molecular flexibility index (Phi) is 4.61. The average molecular weight is 305 g/mol. The maximum atomic E-state index is 6.02. The topological polar surface area (TPSA) is 25.4 Å². The highest BCUT2D eigenvalue weighted by Gasteiger charge is 2.21. The van der Waals surface area contributed by atoms with Gasteiger partial charge in [0.1, 0.15) is 0 Å². The van der Waals surface area contributed by atoms with E-state index in [0.717, 1.165) is 30.9 Å².